The standard InChI is InChI=1S/C10H10O2.C7H10/c1-8-4-2-3-5-9(8)6-7-10(11)12;1-2-7-4-3-6(1)5-7/h2-7H,1H3,(H,11,12);1-2,6-7H,3-5H2. The molecule has 0 amide bonds. The molecule has 0 aromatic heterocycles. The molecular weight excluding hydrogens is 236 g/mol. The van der Waals surface area contributed by atoms with Gasteiger partial charge in [-0.1, -0.05) is 36.4 Å². The third kappa shape index (κ3) is 4.09. The van der Waals surface area contributed by atoms with Crippen LogP contribution in [0.4, 0.5) is 0 Å². The first kappa shape index (κ1) is 13.6. The predicted molar refractivity (Wildman–Crippen MR) is 77.8 cm³/mol. The Balaban J connectivity index is 0.000000159. The second-order valence-corrected chi connectivity index (χ2v) is 5.25. The Morgan fingerprint density at radius 3 is 2.26 bits per heavy atom. The van der Waals surface area contributed by atoms with Gasteiger partial charge in [0, 0.05) is 6.08 Å². The number of aliphatic carboxylic acids is 1. The van der Waals surface area contributed by atoms with E-state index in [9.17, 15) is 4.79 Å². The number of fused-ring (bicyclic) bond motifs is 2. The highest BCUT2D eigenvalue weighted by Gasteiger charge is 2.25. The minimum Gasteiger partial charge on any atom is -0.478 e. The lowest BCUT2D eigenvalue weighted by molar-refractivity contribution is -0.131. The second kappa shape index (κ2) is 6.37. The van der Waals surface area contributed by atoms with Gasteiger partial charge in [0.1, 0.15) is 0 Å². The number of carboxylic acid groups (broad SMARTS) is 1. The van der Waals surface area contributed by atoms with E-state index in [1.54, 1.807) is 6.08 Å². The lowest BCUT2D eigenvalue weighted by Gasteiger charge is -1.96. The zero-order chi connectivity index (χ0) is 13.7. The molecule has 19 heavy (non-hydrogen) atoms. The molecule has 100 valence electrons. The fourth-order valence-electron chi connectivity index (χ4n) is 2.65. The topological polar surface area (TPSA) is 37.3 Å². The van der Waals surface area contributed by atoms with Crippen LogP contribution in [-0.2, 0) is 4.79 Å². The minimum absolute atomic E-state index is 0.918. The van der Waals surface area contributed by atoms with Gasteiger partial charge >= 0.3 is 5.97 Å². The number of hydrogen-bond donors (Lipinski definition) is 1. The van der Waals surface area contributed by atoms with Gasteiger partial charge in [-0.15, -0.1) is 0 Å². The summed E-state index contributed by atoms with van der Waals surface area (Å²) in [4.78, 5) is 10.2. The SMILES string of the molecule is C1=CC2CCC1C2.Cc1ccccc1C=CC(=O)O. The summed E-state index contributed by atoms with van der Waals surface area (Å²) in [6, 6.07) is 7.64. The van der Waals surface area contributed by atoms with E-state index in [2.05, 4.69) is 12.2 Å². The maximum absolute atomic E-state index is 10.2. The first-order chi connectivity index (χ1) is 9.15. The summed E-state index contributed by atoms with van der Waals surface area (Å²) in [5.74, 6) is 1.06. The van der Waals surface area contributed by atoms with E-state index in [1.807, 2.05) is 31.2 Å². The van der Waals surface area contributed by atoms with Crippen LogP contribution in [0.15, 0.2) is 42.5 Å². The van der Waals surface area contributed by atoms with Crippen LogP contribution in [-0.4, -0.2) is 11.1 Å². The van der Waals surface area contributed by atoms with Gasteiger partial charge in [0.2, 0.25) is 0 Å². The van der Waals surface area contributed by atoms with Gasteiger partial charge in [0.05, 0.1) is 0 Å². The quantitative estimate of drug-likeness (QED) is 0.640. The Labute approximate surface area is 114 Å². The number of allylic oxidation sites excluding steroid dienone is 2. The summed E-state index contributed by atoms with van der Waals surface area (Å²) in [6.07, 6.45) is 11.9. The molecular formula is C17H20O2. The van der Waals surface area contributed by atoms with Crippen molar-refractivity contribution in [3.05, 3.63) is 53.6 Å². The highest BCUT2D eigenvalue weighted by Crippen LogP contribution is 2.38. The molecule has 2 unspecified atom stereocenters. The second-order valence-electron chi connectivity index (χ2n) is 5.25. The van der Waals surface area contributed by atoms with E-state index in [0.717, 1.165) is 29.0 Å². The van der Waals surface area contributed by atoms with Gasteiger partial charge in [-0.25, -0.2) is 4.79 Å². The Kier molecular flexibility index (Phi) is 4.56. The molecule has 1 aromatic carbocycles. The van der Waals surface area contributed by atoms with Crippen molar-refractivity contribution < 1.29 is 9.90 Å². The number of carboxylic acids is 1. The molecule has 0 spiro atoms. The van der Waals surface area contributed by atoms with Crippen LogP contribution in [0.5, 0.6) is 0 Å². The molecule has 1 saturated carbocycles. The molecule has 0 radical (unpaired) electrons. The van der Waals surface area contributed by atoms with Crippen molar-refractivity contribution in [1.29, 1.82) is 0 Å². The van der Waals surface area contributed by atoms with Crippen LogP contribution >= 0.6 is 0 Å². The molecule has 2 aliphatic carbocycles. The number of benzene rings is 1. The zero-order valence-electron chi connectivity index (χ0n) is 11.3. The fraction of sp³-hybridized carbons (Fsp3) is 0.353. The van der Waals surface area contributed by atoms with Crippen molar-refractivity contribution in [3.8, 4) is 0 Å². The fourth-order valence-corrected chi connectivity index (χ4v) is 2.65. The number of aryl methyl sites for hydroxylation is 1. The summed E-state index contributed by atoms with van der Waals surface area (Å²) in [5, 5.41) is 8.38. The van der Waals surface area contributed by atoms with Gasteiger partial charge in [0.15, 0.2) is 0 Å². The first-order valence-corrected chi connectivity index (χ1v) is 6.80. The Bertz CT molecular complexity index is 488. The van der Waals surface area contributed by atoms with Crippen molar-refractivity contribution >= 4 is 12.0 Å². The maximum atomic E-state index is 10.2. The van der Waals surface area contributed by atoms with Gasteiger partial charge in [0.25, 0.3) is 0 Å². The van der Waals surface area contributed by atoms with Crippen LogP contribution < -0.4 is 0 Å². The van der Waals surface area contributed by atoms with E-state index in [1.165, 1.54) is 19.3 Å². The molecule has 1 fully saturated rings. The van der Waals surface area contributed by atoms with Gasteiger partial charge in [-0.05, 0) is 55.2 Å². The summed E-state index contributed by atoms with van der Waals surface area (Å²) in [7, 11) is 0. The highest BCUT2D eigenvalue weighted by molar-refractivity contribution is 5.85. The molecule has 0 heterocycles. The molecule has 2 aliphatic rings. The molecule has 2 nitrogen and oxygen atoms in total. The van der Waals surface area contributed by atoms with Crippen LogP contribution in [0, 0.1) is 18.8 Å². The Hall–Kier alpha value is -1.83. The average molecular weight is 256 g/mol. The molecule has 0 saturated heterocycles. The van der Waals surface area contributed by atoms with E-state index in [-0.39, 0.29) is 0 Å². The molecule has 2 bridgehead atoms. The lowest BCUT2D eigenvalue weighted by atomic mass is 10.1. The monoisotopic (exact) mass is 256 g/mol. The molecule has 1 N–H and O–H groups in total. The van der Waals surface area contributed by atoms with Crippen molar-refractivity contribution in [2.24, 2.45) is 11.8 Å². The van der Waals surface area contributed by atoms with E-state index in [0.29, 0.717) is 0 Å². The average Bonchev–Trinajstić information content (AvgIpc) is 3.03. The van der Waals surface area contributed by atoms with E-state index < -0.39 is 5.97 Å². The molecule has 2 heteroatoms. The first-order valence-electron chi connectivity index (χ1n) is 6.80. The summed E-state index contributed by atoms with van der Waals surface area (Å²) >= 11 is 0. The van der Waals surface area contributed by atoms with Crippen molar-refractivity contribution in [3.63, 3.8) is 0 Å². The molecule has 3 rings (SSSR count). The van der Waals surface area contributed by atoms with E-state index in [4.69, 9.17) is 5.11 Å². The summed E-state index contributed by atoms with van der Waals surface area (Å²) in [6.45, 7) is 1.95. The summed E-state index contributed by atoms with van der Waals surface area (Å²) in [5.41, 5.74) is 2.02. The van der Waals surface area contributed by atoms with Crippen LogP contribution in [0.1, 0.15) is 30.4 Å². The van der Waals surface area contributed by atoms with Crippen LogP contribution in [0.25, 0.3) is 6.08 Å². The smallest absolute Gasteiger partial charge is 0.328 e. The van der Waals surface area contributed by atoms with Gasteiger partial charge in [-0.3, -0.25) is 0 Å². The van der Waals surface area contributed by atoms with Crippen LogP contribution in [0.2, 0.25) is 0 Å². The van der Waals surface area contributed by atoms with Crippen molar-refractivity contribution in [1.82, 2.24) is 0 Å². The number of rotatable bonds is 2. The lowest BCUT2D eigenvalue weighted by Crippen LogP contribution is -1.86. The van der Waals surface area contributed by atoms with Crippen molar-refractivity contribution in [2.75, 3.05) is 0 Å². The third-order valence-electron chi connectivity index (χ3n) is 3.76. The predicted octanol–water partition coefficient (Wildman–Crippen LogP) is 4.07. The van der Waals surface area contributed by atoms with Crippen LogP contribution in [0.3, 0.4) is 0 Å². The van der Waals surface area contributed by atoms with Crippen molar-refractivity contribution in [2.45, 2.75) is 26.2 Å². The number of hydrogen-bond acceptors (Lipinski definition) is 1. The normalized spacial score (nSPS) is 23.4. The molecule has 2 atom stereocenters. The highest BCUT2D eigenvalue weighted by atomic mass is 16.4. The van der Waals surface area contributed by atoms with Gasteiger partial charge < -0.3 is 5.11 Å². The third-order valence-corrected chi connectivity index (χ3v) is 3.76. The molecule has 1 aromatic rings. The molecule has 0 aliphatic heterocycles. The Morgan fingerprint density at radius 2 is 1.84 bits per heavy atom. The largest absolute Gasteiger partial charge is 0.478 e. The Morgan fingerprint density at radius 1 is 1.21 bits per heavy atom. The van der Waals surface area contributed by atoms with E-state index >= 15 is 0 Å². The maximum Gasteiger partial charge on any atom is 0.328 e. The number of carbonyl (C=O) groups is 1. The summed E-state index contributed by atoms with van der Waals surface area (Å²) < 4.78 is 0. The minimum atomic E-state index is -0.918. The zero-order valence-corrected chi connectivity index (χ0v) is 11.3. The van der Waals surface area contributed by atoms with Gasteiger partial charge in [-0.2, -0.15) is 0 Å².